The van der Waals surface area contributed by atoms with Gasteiger partial charge >= 0.3 is 0 Å². The van der Waals surface area contributed by atoms with Crippen LogP contribution in [0.4, 0.5) is 8.78 Å². The van der Waals surface area contributed by atoms with Crippen molar-refractivity contribution in [2.75, 3.05) is 39.3 Å². The van der Waals surface area contributed by atoms with Crippen LogP contribution in [0.2, 0.25) is 0 Å². The van der Waals surface area contributed by atoms with Gasteiger partial charge in [-0.05, 0) is 31.4 Å². The highest BCUT2D eigenvalue weighted by Crippen LogP contribution is 2.49. The van der Waals surface area contributed by atoms with Crippen LogP contribution in [0.15, 0.2) is 18.2 Å². The van der Waals surface area contributed by atoms with Gasteiger partial charge in [-0.1, -0.05) is 18.9 Å². The molecule has 0 radical (unpaired) electrons. The van der Waals surface area contributed by atoms with Crippen molar-refractivity contribution in [3.8, 4) is 0 Å². The Hall–Kier alpha value is -2.02. The summed E-state index contributed by atoms with van der Waals surface area (Å²) in [7, 11) is 0. The quantitative estimate of drug-likeness (QED) is 0.791. The molecule has 2 saturated carbocycles. The van der Waals surface area contributed by atoms with Gasteiger partial charge in [0, 0.05) is 62.6 Å². The summed E-state index contributed by atoms with van der Waals surface area (Å²) in [5.41, 5.74) is 0.0377. The Kier molecular flexibility index (Phi) is 6.13. The lowest BCUT2D eigenvalue weighted by Crippen LogP contribution is -2.51. The van der Waals surface area contributed by atoms with Crippen LogP contribution in [-0.4, -0.2) is 60.9 Å². The lowest BCUT2D eigenvalue weighted by Gasteiger charge is -2.36. The van der Waals surface area contributed by atoms with Crippen LogP contribution in [0.25, 0.3) is 0 Å². The Labute approximate surface area is 170 Å². The third-order valence-corrected chi connectivity index (χ3v) is 6.61. The molecular formula is C22H29F2N3O2. The minimum atomic E-state index is -0.574. The Balaban J connectivity index is 1.16. The van der Waals surface area contributed by atoms with Gasteiger partial charge in [0.1, 0.15) is 11.6 Å². The Bertz CT molecular complexity index is 738. The first-order valence-electron chi connectivity index (χ1n) is 10.8. The van der Waals surface area contributed by atoms with Gasteiger partial charge in [0.05, 0.1) is 0 Å². The van der Waals surface area contributed by atoms with E-state index >= 15 is 0 Å². The van der Waals surface area contributed by atoms with E-state index in [1.165, 1.54) is 31.0 Å². The van der Waals surface area contributed by atoms with E-state index in [9.17, 15) is 18.4 Å². The van der Waals surface area contributed by atoms with Crippen molar-refractivity contribution in [2.24, 2.45) is 11.8 Å². The van der Waals surface area contributed by atoms with Crippen molar-refractivity contribution in [3.63, 3.8) is 0 Å². The van der Waals surface area contributed by atoms with Crippen LogP contribution in [-0.2, 0) is 9.59 Å². The Morgan fingerprint density at radius 3 is 2.34 bits per heavy atom. The molecule has 1 aromatic rings. The van der Waals surface area contributed by atoms with Gasteiger partial charge in [-0.2, -0.15) is 0 Å². The Morgan fingerprint density at radius 1 is 1.03 bits per heavy atom. The summed E-state index contributed by atoms with van der Waals surface area (Å²) in [6.07, 6.45) is 4.89. The van der Waals surface area contributed by atoms with Gasteiger partial charge in [-0.15, -0.1) is 0 Å². The molecule has 2 unspecified atom stereocenters. The number of carbonyl (C=O) groups is 2. The van der Waals surface area contributed by atoms with Gasteiger partial charge in [0.25, 0.3) is 0 Å². The van der Waals surface area contributed by atoms with Crippen LogP contribution < -0.4 is 5.32 Å². The number of carbonyl (C=O) groups excluding carboxylic acids is 2. The van der Waals surface area contributed by atoms with Gasteiger partial charge in [-0.25, -0.2) is 8.78 Å². The van der Waals surface area contributed by atoms with Crippen LogP contribution >= 0.6 is 0 Å². The highest BCUT2D eigenvalue weighted by atomic mass is 19.1. The standard InChI is InChI=1S/C22H29F2N3O2/c23-18-6-3-7-19(24)20(18)16-14-17(16)21(28)25-8-9-26-10-12-27(13-11-26)22(29)15-4-1-2-5-15/h3,6-7,15-17H,1-2,4-5,8-14H2,(H,25,28). The van der Waals surface area contributed by atoms with Crippen LogP contribution in [0.3, 0.4) is 0 Å². The van der Waals surface area contributed by atoms with Crippen molar-refractivity contribution in [1.82, 2.24) is 15.1 Å². The zero-order valence-electron chi connectivity index (χ0n) is 16.7. The van der Waals surface area contributed by atoms with Crippen molar-refractivity contribution >= 4 is 11.8 Å². The van der Waals surface area contributed by atoms with Gasteiger partial charge in [0.2, 0.25) is 11.8 Å². The van der Waals surface area contributed by atoms with E-state index in [-0.39, 0.29) is 29.2 Å². The number of rotatable bonds is 6. The van der Waals surface area contributed by atoms with Crippen molar-refractivity contribution < 1.29 is 18.4 Å². The van der Waals surface area contributed by atoms with Gasteiger partial charge in [0.15, 0.2) is 0 Å². The average molecular weight is 405 g/mol. The van der Waals surface area contributed by atoms with E-state index in [1.54, 1.807) is 0 Å². The number of hydrogen-bond acceptors (Lipinski definition) is 3. The summed E-state index contributed by atoms with van der Waals surface area (Å²) < 4.78 is 27.7. The monoisotopic (exact) mass is 405 g/mol. The molecule has 1 aromatic carbocycles. The minimum Gasteiger partial charge on any atom is -0.355 e. The maximum absolute atomic E-state index is 13.9. The molecule has 1 N–H and O–H groups in total. The SMILES string of the molecule is O=C(NCCN1CCN(C(=O)C2CCCC2)CC1)C1CC1c1c(F)cccc1F. The molecular weight excluding hydrogens is 376 g/mol. The first kappa shape index (κ1) is 20.3. The molecule has 2 aliphatic carbocycles. The topological polar surface area (TPSA) is 52.7 Å². The van der Waals surface area contributed by atoms with Gasteiger partial charge < -0.3 is 10.2 Å². The second kappa shape index (κ2) is 8.78. The molecule has 3 aliphatic rings. The molecule has 1 aliphatic heterocycles. The largest absolute Gasteiger partial charge is 0.355 e. The molecule has 2 atom stereocenters. The smallest absolute Gasteiger partial charge is 0.225 e. The predicted molar refractivity (Wildman–Crippen MR) is 105 cm³/mol. The van der Waals surface area contributed by atoms with E-state index in [1.807, 2.05) is 4.90 Å². The zero-order chi connectivity index (χ0) is 20.4. The molecule has 0 aromatic heterocycles. The third kappa shape index (κ3) is 4.60. The van der Waals surface area contributed by atoms with Crippen LogP contribution in [0.1, 0.15) is 43.6 Å². The van der Waals surface area contributed by atoms with Crippen LogP contribution in [0.5, 0.6) is 0 Å². The first-order valence-corrected chi connectivity index (χ1v) is 10.8. The normalized spacial score (nSPS) is 25.2. The fraction of sp³-hybridized carbons (Fsp3) is 0.636. The molecule has 7 heteroatoms. The number of halogens is 2. The number of piperazine rings is 1. The van der Waals surface area contributed by atoms with Crippen LogP contribution in [0, 0.1) is 23.5 Å². The summed E-state index contributed by atoms with van der Waals surface area (Å²) >= 11 is 0. The molecule has 4 rings (SSSR count). The maximum atomic E-state index is 13.9. The highest BCUT2D eigenvalue weighted by molar-refractivity contribution is 5.83. The molecule has 0 spiro atoms. The molecule has 3 fully saturated rings. The van der Waals surface area contributed by atoms with Gasteiger partial charge in [-0.3, -0.25) is 14.5 Å². The lowest BCUT2D eigenvalue weighted by molar-refractivity contribution is -0.137. The summed E-state index contributed by atoms with van der Waals surface area (Å²) in [6, 6.07) is 3.82. The maximum Gasteiger partial charge on any atom is 0.225 e. The number of nitrogens with zero attached hydrogens (tertiary/aromatic N) is 2. The third-order valence-electron chi connectivity index (χ3n) is 6.61. The zero-order valence-corrected chi connectivity index (χ0v) is 16.7. The van der Waals surface area contributed by atoms with Crippen molar-refractivity contribution in [3.05, 3.63) is 35.4 Å². The second-order valence-corrected chi connectivity index (χ2v) is 8.52. The number of nitrogens with one attached hydrogen (secondary N) is 1. The summed E-state index contributed by atoms with van der Waals surface area (Å²) in [4.78, 5) is 29.0. The fourth-order valence-corrected chi connectivity index (χ4v) is 4.76. The number of benzene rings is 1. The summed E-state index contributed by atoms with van der Waals surface area (Å²) in [5.74, 6) is -1.44. The lowest BCUT2D eigenvalue weighted by atomic mass is 10.1. The molecule has 29 heavy (non-hydrogen) atoms. The van der Waals surface area contributed by atoms with E-state index in [4.69, 9.17) is 0 Å². The van der Waals surface area contributed by atoms with Crippen molar-refractivity contribution in [1.29, 1.82) is 0 Å². The second-order valence-electron chi connectivity index (χ2n) is 8.52. The fourth-order valence-electron chi connectivity index (χ4n) is 4.76. The van der Waals surface area contributed by atoms with E-state index in [0.717, 1.165) is 45.6 Å². The minimum absolute atomic E-state index is 0.0377. The van der Waals surface area contributed by atoms with Crippen molar-refractivity contribution in [2.45, 2.75) is 38.0 Å². The molecule has 0 bridgehead atoms. The molecule has 2 amide bonds. The number of hydrogen-bond donors (Lipinski definition) is 1. The average Bonchev–Trinajstić information content (AvgIpc) is 3.30. The molecule has 158 valence electrons. The molecule has 1 saturated heterocycles. The number of amides is 2. The predicted octanol–water partition coefficient (Wildman–Crippen LogP) is 2.52. The highest BCUT2D eigenvalue weighted by Gasteiger charge is 2.46. The Morgan fingerprint density at radius 2 is 1.69 bits per heavy atom. The summed E-state index contributed by atoms with van der Waals surface area (Å²) in [6.45, 7) is 4.38. The van der Waals surface area contributed by atoms with E-state index < -0.39 is 11.6 Å². The molecule has 5 nitrogen and oxygen atoms in total. The van der Waals surface area contributed by atoms with E-state index in [2.05, 4.69) is 10.2 Å². The first-order chi connectivity index (χ1) is 14.0. The summed E-state index contributed by atoms with van der Waals surface area (Å²) in [5, 5.41) is 2.90. The van der Waals surface area contributed by atoms with E-state index in [0.29, 0.717) is 18.9 Å². The molecule has 1 heterocycles.